The molecule has 2 aromatic heterocycles. The molecule has 0 atom stereocenters. The van der Waals surface area contributed by atoms with Crippen molar-refractivity contribution < 1.29 is 9.47 Å². The number of fused-ring (bicyclic) bond motifs is 1. The van der Waals surface area contributed by atoms with E-state index in [-0.39, 0.29) is 5.95 Å². The van der Waals surface area contributed by atoms with Crippen molar-refractivity contribution in [3.63, 3.8) is 0 Å². The van der Waals surface area contributed by atoms with Crippen molar-refractivity contribution in [1.82, 2.24) is 30.6 Å². The maximum Gasteiger partial charge on any atom is 0.221 e. The number of hydrogen-bond donors (Lipinski definition) is 2. The maximum atomic E-state index is 6.21. The molecule has 0 bridgehead atoms. The molecule has 0 spiro atoms. The molecule has 5 rings (SSSR count). The number of halogens is 1. The number of nitrogen functional groups attached to an aromatic ring is 1. The van der Waals surface area contributed by atoms with E-state index in [0.29, 0.717) is 40.2 Å². The van der Waals surface area contributed by atoms with Crippen LogP contribution in [0.2, 0.25) is 5.02 Å². The third kappa shape index (κ3) is 4.26. The van der Waals surface area contributed by atoms with E-state index in [0.717, 1.165) is 22.1 Å². The SMILES string of the molecule is COc1ccc(-c2nc(N)nc3ccc(Cl)cc23)cc1OCc1ccc(-c2nn[nH]n2)cc1. The number of benzene rings is 3. The third-order valence-corrected chi connectivity index (χ3v) is 5.30. The molecule has 0 aliphatic carbocycles. The second-order valence-corrected chi connectivity index (χ2v) is 7.61. The van der Waals surface area contributed by atoms with Crippen LogP contribution in [0.5, 0.6) is 11.5 Å². The number of nitrogens with one attached hydrogen (secondary N) is 1. The molecule has 10 heteroatoms. The highest BCUT2D eigenvalue weighted by molar-refractivity contribution is 6.31. The third-order valence-electron chi connectivity index (χ3n) is 5.06. The van der Waals surface area contributed by atoms with Crippen molar-refractivity contribution in [2.45, 2.75) is 6.61 Å². The summed E-state index contributed by atoms with van der Waals surface area (Å²) in [5.74, 6) is 1.89. The molecule has 0 fully saturated rings. The Morgan fingerprint density at radius 1 is 0.939 bits per heavy atom. The number of nitrogens with zero attached hydrogens (tertiary/aromatic N) is 5. The highest BCUT2D eigenvalue weighted by Crippen LogP contribution is 2.35. The molecule has 0 saturated heterocycles. The van der Waals surface area contributed by atoms with Crippen LogP contribution in [0.1, 0.15) is 5.56 Å². The zero-order chi connectivity index (χ0) is 22.8. The fraction of sp³-hybridized carbons (Fsp3) is 0.0870. The van der Waals surface area contributed by atoms with Crippen LogP contribution in [0, 0.1) is 0 Å². The first-order valence-electron chi connectivity index (χ1n) is 9.97. The molecule has 3 aromatic carbocycles. The summed E-state index contributed by atoms with van der Waals surface area (Å²) < 4.78 is 11.6. The second-order valence-electron chi connectivity index (χ2n) is 7.18. The topological polar surface area (TPSA) is 125 Å². The Balaban J connectivity index is 1.45. The van der Waals surface area contributed by atoms with Gasteiger partial charge in [-0.2, -0.15) is 5.21 Å². The Bertz CT molecular complexity index is 1420. The van der Waals surface area contributed by atoms with Crippen LogP contribution in [0.4, 0.5) is 5.95 Å². The van der Waals surface area contributed by atoms with Gasteiger partial charge in [-0.3, -0.25) is 0 Å². The van der Waals surface area contributed by atoms with Gasteiger partial charge in [-0.25, -0.2) is 9.97 Å². The van der Waals surface area contributed by atoms with Gasteiger partial charge >= 0.3 is 0 Å². The molecule has 33 heavy (non-hydrogen) atoms. The minimum Gasteiger partial charge on any atom is -0.493 e. The number of H-pyrrole nitrogens is 1. The van der Waals surface area contributed by atoms with Crippen molar-refractivity contribution in [2.75, 3.05) is 12.8 Å². The summed E-state index contributed by atoms with van der Waals surface area (Å²) in [6.45, 7) is 0.338. The Morgan fingerprint density at radius 3 is 2.52 bits per heavy atom. The maximum absolute atomic E-state index is 6.21. The van der Waals surface area contributed by atoms with Crippen LogP contribution >= 0.6 is 11.6 Å². The number of anilines is 1. The van der Waals surface area contributed by atoms with E-state index in [1.807, 2.05) is 54.6 Å². The van der Waals surface area contributed by atoms with Gasteiger partial charge in [0.2, 0.25) is 11.8 Å². The van der Waals surface area contributed by atoms with Crippen LogP contribution in [-0.4, -0.2) is 37.7 Å². The molecule has 0 aliphatic rings. The molecule has 164 valence electrons. The Kier molecular flexibility index (Phi) is 5.45. The largest absolute Gasteiger partial charge is 0.493 e. The number of methoxy groups -OCH3 is 1. The molecule has 0 unspecified atom stereocenters. The first kappa shape index (κ1) is 20.7. The van der Waals surface area contributed by atoms with Gasteiger partial charge in [-0.1, -0.05) is 35.9 Å². The predicted molar refractivity (Wildman–Crippen MR) is 125 cm³/mol. The van der Waals surface area contributed by atoms with Crippen molar-refractivity contribution in [3.05, 3.63) is 71.2 Å². The van der Waals surface area contributed by atoms with Crippen molar-refractivity contribution in [2.24, 2.45) is 0 Å². The van der Waals surface area contributed by atoms with E-state index >= 15 is 0 Å². The fourth-order valence-corrected chi connectivity index (χ4v) is 3.64. The summed E-state index contributed by atoms with van der Waals surface area (Å²) in [5, 5.41) is 15.4. The number of aromatic nitrogens is 6. The molecule has 0 aliphatic heterocycles. The van der Waals surface area contributed by atoms with Gasteiger partial charge in [0.25, 0.3) is 0 Å². The monoisotopic (exact) mass is 459 g/mol. The Morgan fingerprint density at radius 2 is 1.76 bits per heavy atom. The minimum absolute atomic E-state index is 0.180. The lowest BCUT2D eigenvalue weighted by molar-refractivity contribution is 0.284. The normalized spacial score (nSPS) is 11.0. The predicted octanol–water partition coefficient (Wildman–Crippen LogP) is 4.30. The number of ether oxygens (including phenoxy) is 2. The van der Waals surface area contributed by atoms with Crippen LogP contribution < -0.4 is 15.2 Å². The number of aromatic amines is 1. The summed E-state index contributed by atoms with van der Waals surface area (Å²) in [7, 11) is 1.60. The molecule has 0 amide bonds. The number of hydrogen-bond acceptors (Lipinski definition) is 8. The molecular weight excluding hydrogens is 442 g/mol. The standard InChI is InChI=1S/C23H18ClN7O2/c1-32-19-9-6-15(21-17-11-16(24)7-8-18(17)26-23(25)27-21)10-20(19)33-12-13-2-4-14(5-3-13)22-28-30-31-29-22/h2-11H,12H2,1H3,(H2,25,26,27)(H,28,29,30,31). The van der Waals surface area contributed by atoms with Gasteiger partial charge in [-0.15, -0.1) is 10.2 Å². The van der Waals surface area contributed by atoms with Gasteiger partial charge in [0.05, 0.1) is 18.3 Å². The quantitative estimate of drug-likeness (QED) is 0.385. The van der Waals surface area contributed by atoms with Gasteiger partial charge in [0, 0.05) is 21.5 Å². The van der Waals surface area contributed by atoms with Gasteiger partial charge in [-0.05, 0) is 47.2 Å². The second kappa shape index (κ2) is 8.71. The lowest BCUT2D eigenvalue weighted by Gasteiger charge is -2.14. The van der Waals surface area contributed by atoms with E-state index in [9.17, 15) is 0 Å². The summed E-state index contributed by atoms with van der Waals surface area (Å²) in [6, 6.07) is 18.7. The Hall–Kier alpha value is -4.24. The average molecular weight is 460 g/mol. The zero-order valence-electron chi connectivity index (χ0n) is 17.5. The minimum atomic E-state index is 0.180. The number of rotatable bonds is 6. The van der Waals surface area contributed by atoms with E-state index in [1.165, 1.54) is 0 Å². The molecule has 0 saturated carbocycles. The molecule has 5 aromatic rings. The van der Waals surface area contributed by atoms with E-state index in [1.54, 1.807) is 13.2 Å². The van der Waals surface area contributed by atoms with E-state index in [4.69, 9.17) is 26.8 Å². The van der Waals surface area contributed by atoms with Crippen LogP contribution in [0.3, 0.4) is 0 Å². The van der Waals surface area contributed by atoms with Crippen molar-refractivity contribution in [3.8, 4) is 34.1 Å². The van der Waals surface area contributed by atoms with Crippen LogP contribution in [-0.2, 0) is 6.61 Å². The zero-order valence-corrected chi connectivity index (χ0v) is 18.2. The van der Waals surface area contributed by atoms with Crippen LogP contribution in [0.15, 0.2) is 60.7 Å². The van der Waals surface area contributed by atoms with E-state index < -0.39 is 0 Å². The van der Waals surface area contributed by atoms with Gasteiger partial charge in [0.15, 0.2) is 11.5 Å². The summed E-state index contributed by atoms with van der Waals surface area (Å²) in [5.41, 5.74) is 9.96. The molecule has 3 N–H and O–H groups in total. The molecule has 0 radical (unpaired) electrons. The lowest BCUT2D eigenvalue weighted by Crippen LogP contribution is -2.00. The van der Waals surface area contributed by atoms with Gasteiger partial charge in [0.1, 0.15) is 6.61 Å². The summed E-state index contributed by atoms with van der Waals surface area (Å²) in [6.07, 6.45) is 0. The summed E-state index contributed by atoms with van der Waals surface area (Å²) >= 11 is 6.21. The molecular formula is C23H18ClN7O2. The highest BCUT2D eigenvalue weighted by atomic mass is 35.5. The number of tetrazole rings is 1. The first-order valence-corrected chi connectivity index (χ1v) is 10.4. The smallest absolute Gasteiger partial charge is 0.221 e. The van der Waals surface area contributed by atoms with E-state index in [2.05, 4.69) is 30.6 Å². The molecule has 2 heterocycles. The lowest BCUT2D eigenvalue weighted by atomic mass is 10.1. The highest BCUT2D eigenvalue weighted by Gasteiger charge is 2.13. The number of nitrogens with two attached hydrogens (primary N) is 1. The Labute approximate surface area is 193 Å². The van der Waals surface area contributed by atoms with Crippen molar-refractivity contribution in [1.29, 1.82) is 0 Å². The first-order chi connectivity index (χ1) is 16.1. The summed E-state index contributed by atoms with van der Waals surface area (Å²) in [4.78, 5) is 8.75. The molecule has 9 nitrogen and oxygen atoms in total. The fourth-order valence-electron chi connectivity index (χ4n) is 3.47. The van der Waals surface area contributed by atoms with Gasteiger partial charge < -0.3 is 15.2 Å². The average Bonchev–Trinajstić information content (AvgIpc) is 3.38. The van der Waals surface area contributed by atoms with Crippen molar-refractivity contribution >= 4 is 28.5 Å². The van der Waals surface area contributed by atoms with Crippen LogP contribution in [0.25, 0.3) is 33.5 Å².